The van der Waals surface area contributed by atoms with E-state index in [-0.39, 0.29) is 29.4 Å². The fraction of sp³-hybridized carbons (Fsp3) is 0.696. The second-order valence-electron chi connectivity index (χ2n) is 9.15. The topological polar surface area (TPSA) is 39.7 Å². The molecule has 158 valence electrons. The van der Waals surface area contributed by atoms with E-state index in [4.69, 9.17) is 0 Å². The van der Waals surface area contributed by atoms with Crippen LogP contribution in [-0.2, 0) is 6.42 Å². The molecule has 0 aromatic heterocycles. The van der Waals surface area contributed by atoms with Crippen LogP contribution in [0.2, 0.25) is 0 Å². The van der Waals surface area contributed by atoms with Gasteiger partial charge in [0.25, 0.3) is 0 Å². The molecule has 1 aliphatic carbocycles. The van der Waals surface area contributed by atoms with E-state index in [0.29, 0.717) is 6.04 Å². The number of piperidine rings is 1. The van der Waals surface area contributed by atoms with Crippen LogP contribution < -0.4 is 10.6 Å². The first-order chi connectivity index (χ1) is 13.1. The molecule has 1 aromatic rings. The van der Waals surface area contributed by atoms with Gasteiger partial charge in [-0.25, -0.2) is 0 Å². The van der Waals surface area contributed by atoms with Gasteiger partial charge in [0, 0.05) is 38.8 Å². The summed E-state index contributed by atoms with van der Waals surface area (Å²) < 4.78 is 0. The molecule has 5 heteroatoms. The first-order valence-corrected chi connectivity index (χ1v) is 10.8. The molecule has 0 radical (unpaired) electrons. The standard InChI is InChI=1S/C23H38N4.HI/c1-23(2,17-19-9-5-4-6-10-19)18-25-22(24-3)26-20-13-15-27(16-14-20)21-11-7-8-12-21;/h4-6,9-10,20-21H,7-8,11-18H2,1-3H3,(H2,24,25,26);1H. The van der Waals surface area contributed by atoms with E-state index in [1.165, 1.54) is 57.2 Å². The molecule has 0 spiro atoms. The highest BCUT2D eigenvalue weighted by molar-refractivity contribution is 14.0. The molecule has 0 atom stereocenters. The van der Waals surface area contributed by atoms with Gasteiger partial charge in [0.05, 0.1) is 0 Å². The molecule has 1 saturated carbocycles. The molecule has 2 fully saturated rings. The van der Waals surface area contributed by atoms with Crippen molar-refractivity contribution in [2.45, 2.75) is 70.9 Å². The third-order valence-electron chi connectivity index (χ3n) is 6.19. The minimum atomic E-state index is 0. The van der Waals surface area contributed by atoms with Crippen LogP contribution in [-0.4, -0.2) is 49.6 Å². The zero-order chi connectivity index (χ0) is 19.1. The maximum Gasteiger partial charge on any atom is 0.191 e. The Morgan fingerprint density at radius 2 is 1.71 bits per heavy atom. The Balaban J connectivity index is 0.00000280. The van der Waals surface area contributed by atoms with Crippen LogP contribution in [0.15, 0.2) is 35.3 Å². The Hall–Kier alpha value is -0.820. The highest BCUT2D eigenvalue weighted by Crippen LogP contribution is 2.26. The van der Waals surface area contributed by atoms with Crippen LogP contribution in [0.4, 0.5) is 0 Å². The molecule has 0 unspecified atom stereocenters. The number of nitrogens with zero attached hydrogens (tertiary/aromatic N) is 2. The number of halogens is 1. The minimum Gasteiger partial charge on any atom is -0.356 e. The van der Waals surface area contributed by atoms with Crippen molar-refractivity contribution in [1.82, 2.24) is 15.5 Å². The zero-order valence-corrected chi connectivity index (χ0v) is 20.2. The van der Waals surface area contributed by atoms with E-state index >= 15 is 0 Å². The number of rotatable bonds is 6. The molecule has 4 nitrogen and oxygen atoms in total. The monoisotopic (exact) mass is 498 g/mol. The van der Waals surface area contributed by atoms with Crippen molar-refractivity contribution in [1.29, 1.82) is 0 Å². The van der Waals surface area contributed by atoms with Crippen molar-refractivity contribution in [2.24, 2.45) is 10.4 Å². The predicted octanol–water partition coefficient (Wildman–Crippen LogP) is 4.45. The summed E-state index contributed by atoms with van der Waals surface area (Å²) in [5.74, 6) is 0.954. The lowest BCUT2D eigenvalue weighted by atomic mass is 9.86. The van der Waals surface area contributed by atoms with Crippen LogP contribution >= 0.6 is 24.0 Å². The second kappa shape index (κ2) is 11.4. The number of guanidine groups is 1. The van der Waals surface area contributed by atoms with Crippen molar-refractivity contribution < 1.29 is 0 Å². The van der Waals surface area contributed by atoms with Gasteiger partial charge in [-0.15, -0.1) is 24.0 Å². The van der Waals surface area contributed by atoms with Gasteiger partial charge in [0.1, 0.15) is 0 Å². The van der Waals surface area contributed by atoms with Gasteiger partial charge in [-0.1, -0.05) is 57.0 Å². The summed E-state index contributed by atoms with van der Waals surface area (Å²) in [5, 5.41) is 7.23. The third-order valence-corrected chi connectivity index (χ3v) is 6.19. The van der Waals surface area contributed by atoms with Crippen molar-refractivity contribution in [3.8, 4) is 0 Å². The number of likely N-dealkylation sites (tertiary alicyclic amines) is 1. The quantitative estimate of drug-likeness (QED) is 0.346. The zero-order valence-electron chi connectivity index (χ0n) is 17.9. The summed E-state index contributed by atoms with van der Waals surface area (Å²) in [6, 6.07) is 12.2. The average Bonchev–Trinajstić information content (AvgIpc) is 3.21. The third kappa shape index (κ3) is 7.21. The van der Waals surface area contributed by atoms with E-state index in [2.05, 4.69) is 64.7 Å². The first-order valence-electron chi connectivity index (χ1n) is 10.8. The largest absolute Gasteiger partial charge is 0.356 e. The molecule has 3 rings (SSSR count). The van der Waals surface area contributed by atoms with Gasteiger partial charge < -0.3 is 15.5 Å². The summed E-state index contributed by atoms with van der Waals surface area (Å²) in [6.45, 7) is 8.03. The van der Waals surface area contributed by atoms with E-state index < -0.39 is 0 Å². The van der Waals surface area contributed by atoms with Gasteiger partial charge in [-0.2, -0.15) is 0 Å². The molecule has 1 aliphatic heterocycles. The van der Waals surface area contributed by atoms with E-state index in [1.54, 1.807) is 0 Å². The second-order valence-corrected chi connectivity index (χ2v) is 9.15. The van der Waals surface area contributed by atoms with Gasteiger partial charge in [-0.3, -0.25) is 4.99 Å². The fourth-order valence-corrected chi connectivity index (χ4v) is 4.60. The first kappa shape index (κ1) is 23.5. The number of aliphatic imine (C=N–C) groups is 1. The molecular weight excluding hydrogens is 459 g/mol. The SMILES string of the molecule is CN=C(NCC(C)(C)Cc1ccccc1)NC1CCN(C2CCCC2)CC1.I. The van der Waals surface area contributed by atoms with E-state index in [0.717, 1.165) is 25.0 Å². The van der Waals surface area contributed by atoms with E-state index in [9.17, 15) is 0 Å². The molecule has 2 aliphatic rings. The molecule has 0 bridgehead atoms. The van der Waals surface area contributed by atoms with Gasteiger partial charge >= 0.3 is 0 Å². The number of hydrogen-bond acceptors (Lipinski definition) is 2. The van der Waals surface area contributed by atoms with Crippen LogP contribution in [0.3, 0.4) is 0 Å². The lowest BCUT2D eigenvalue weighted by molar-refractivity contribution is 0.150. The number of benzene rings is 1. The molecule has 1 heterocycles. The number of nitrogens with one attached hydrogen (secondary N) is 2. The maximum absolute atomic E-state index is 4.47. The van der Waals surface area contributed by atoms with Gasteiger partial charge in [0.15, 0.2) is 5.96 Å². The Morgan fingerprint density at radius 1 is 1.07 bits per heavy atom. The molecular formula is C23H39IN4. The highest BCUT2D eigenvalue weighted by Gasteiger charge is 2.27. The molecule has 0 amide bonds. The van der Waals surface area contributed by atoms with Gasteiger partial charge in [-0.05, 0) is 43.1 Å². The maximum atomic E-state index is 4.47. The molecule has 1 saturated heterocycles. The Labute approximate surface area is 189 Å². The van der Waals surface area contributed by atoms with E-state index in [1.807, 2.05) is 7.05 Å². The Bertz CT molecular complexity index is 588. The number of hydrogen-bond donors (Lipinski definition) is 2. The van der Waals surface area contributed by atoms with Crippen molar-refractivity contribution in [2.75, 3.05) is 26.7 Å². The Morgan fingerprint density at radius 3 is 2.32 bits per heavy atom. The molecule has 2 N–H and O–H groups in total. The Kier molecular flexibility index (Phi) is 9.54. The smallest absolute Gasteiger partial charge is 0.191 e. The van der Waals surface area contributed by atoms with Crippen LogP contribution in [0, 0.1) is 5.41 Å². The van der Waals surface area contributed by atoms with Crippen molar-refractivity contribution >= 4 is 29.9 Å². The van der Waals surface area contributed by atoms with Crippen molar-refractivity contribution in [3.05, 3.63) is 35.9 Å². The normalized spacial score (nSPS) is 20.0. The predicted molar refractivity (Wildman–Crippen MR) is 131 cm³/mol. The summed E-state index contributed by atoms with van der Waals surface area (Å²) in [5.41, 5.74) is 1.58. The summed E-state index contributed by atoms with van der Waals surface area (Å²) >= 11 is 0. The van der Waals surface area contributed by atoms with Crippen molar-refractivity contribution in [3.63, 3.8) is 0 Å². The highest BCUT2D eigenvalue weighted by atomic mass is 127. The lowest BCUT2D eigenvalue weighted by Gasteiger charge is -2.37. The average molecular weight is 498 g/mol. The van der Waals surface area contributed by atoms with Gasteiger partial charge in [0.2, 0.25) is 0 Å². The van der Waals surface area contributed by atoms with Crippen LogP contribution in [0.25, 0.3) is 0 Å². The molecule has 1 aromatic carbocycles. The minimum absolute atomic E-state index is 0. The summed E-state index contributed by atoms with van der Waals surface area (Å²) in [7, 11) is 1.88. The summed E-state index contributed by atoms with van der Waals surface area (Å²) in [6.07, 6.45) is 9.21. The fourth-order valence-electron chi connectivity index (χ4n) is 4.60. The van der Waals surface area contributed by atoms with Crippen LogP contribution in [0.5, 0.6) is 0 Å². The molecule has 28 heavy (non-hydrogen) atoms. The lowest BCUT2D eigenvalue weighted by Crippen LogP contribution is -2.51. The van der Waals surface area contributed by atoms with Crippen LogP contribution in [0.1, 0.15) is 57.9 Å². The summed E-state index contributed by atoms with van der Waals surface area (Å²) in [4.78, 5) is 7.20.